The van der Waals surface area contributed by atoms with Gasteiger partial charge in [0, 0.05) is 17.6 Å². The van der Waals surface area contributed by atoms with Crippen molar-refractivity contribution in [1.29, 1.82) is 0 Å². The van der Waals surface area contributed by atoms with Gasteiger partial charge in [0.25, 0.3) is 0 Å². The van der Waals surface area contributed by atoms with E-state index in [1.165, 1.54) is 0 Å². The van der Waals surface area contributed by atoms with E-state index in [2.05, 4.69) is 29.5 Å². The van der Waals surface area contributed by atoms with Crippen LogP contribution in [0.15, 0.2) is 11.4 Å². The average Bonchev–Trinajstić information content (AvgIpc) is 2.37. The number of nitrogens with one attached hydrogen (secondary N) is 1. The molecule has 0 amide bonds. The van der Waals surface area contributed by atoms with Crippen LogP contribution in [0.2, 0.25) is 0 Å². The third kappa shape index (κ3) is 1.95. The van der Waals surface area contributed by atoms with Crippen LogP contribution in [0.25, 0.3) is 0 Å². The van der Waals surface area contributed by atoms with Gasteiger partial charge in [-0.2, -0.15) is 12.6 Å². The molecule has 0 saturated heterocycles. The minimum Gasteiger partial charge on any atom is -0.336 e. The standard InChI is InChI=1S/C6H10N2S2/c1-2-10-6-7-3-5(4-9)8-6/h3,9H,2,4H2,1H3,(H,7,8). The number of aromatic nitrogens is 2. The molecule has 4 heteroatoms. The molecule has 1 heterocycles. The number of hydrogen-bond donors (Lipinski definition) is 2. The zero-order valence-corrected chi connectivity index (χ0v) is 7.51. The highest BCUT2D eigenvalue weighted by molar-refractivity contribution is 7.99. The van der Waals surface area contributed by atoms with Crippen LogP contribution in [0.5, 0.6) is 0 Å². The third-order valence-electron chi connectivity index (χ3n) is 1.06. The molecule has 0 spiro atoms. The second-order valence-electron chi connectivity index (χ2n) is 1.80. The molecule has 56 valence electrons. The maximum atomic E-state index is 4.14. The predicted molar refractivity (Wildman–Crippen MR) is 47.7 cm³/mol. The van der Waals surface area contributed by atoms with Crippen molar-refractivity contribution in [3.05, 3.63) is 11.9 Å². The van der Waals surface area contributed by atoms with Gasteiger partial charge in [0.2, 0.25) is 0 Å². The largest absolute Gasteiger partial charge is 0.336 e. The Morgan fingerprint density at radius 1 is 1.80 bits per heavy atom. The summed E-state index contributed by atoms with van der Waals surface area (Å²) in [5.41, 5.74) is 1.08. The second-order valence-corrected chi connectivity index (χ2v) is 3.37. The summed E-state index contributed by atoms with van der Waals surface area (Å²) in [6, 6.07) is 0. The van der Waals surface area contributed by atoms with Gasteiger partial charge in [-0.1, -0.05) is 18.7 Å². The van der Waals surface area contributed by atoms with Crippen molar-refractivity contribution >= 4 is 24.4 Å². The van der Waals surface area contributed by atoms with Crippen molar-refractivity contribution in [1.82, 2.24) is 9.97 Å². The summed E-state index contributed by atoms with van der Waals surface area (Å²) in [7, 11) is 0. The topological polar surface area (TPSA) is 28.7 Å². The Hall–Kier alpha value is -0.0900. The highest BCUT2D eigenvalue weighted by Crippen LogP contribution is 2.12. The zero-order valence-electron chi connectivity index (χ0n) is 5.79. The van der Waals surface area contributed by atoms with Crippen LogP contribution in [0.1, 0.15) is 12.6 Å². The van der Waals surface area contributed by atoms with Gasteiger partial charge in [0.1, 0.15) is 0 Å². The van der Waals surface area contributed by atoms with E-state index in [-0.39, 0.29) is 0 Å². The molecule has 0 atom stereocenters. The molecule has 0 saturated carbocycles. The smallest absolute Gasteiger partial charge is 0.165 e. The van der Waals surface area contributed by atoms with Gasteiger partial charge in [-0.25, -0.2) is 4.98 Å². The second kappa shape index (κ2) is 3.93. The van der Waals surface area contributed by atoms with Gasteiger partial charge in [-0.15, -0.1) is 0 Å². The number of nitrogens with zero attached hydrogens (tertiary/aromatic N) is 1. The van der Waals surface area contributed by atoms with Crippen molar-refractivity contribution in [2.45, 2.75) is 17.8 Å². The summed E-state index contributed by atoms with van der Waals surface area (Å²) >= 11 is 5.82. The molecule has 0 fully saturated rings. The molecule has 1 N–H and O–H groups in total. The summed E-state index contributed by atoms with van der Waals surface area (Å²) in [6.07, 6.45) is 1.82. The van der Waals surface area contributed by atoms with E-state index in [9.17, 15) is 0 Å². The van der Waals surface area contributed by atoms with Crippen LogP contribution in [0.4, 0.5) is 0 Å². The molecule has 2 nitrogen and oxygen atoms in total. The van der Waals surface area contributed by atoms with Crippen molar-refractivity contribution in [3.63, 3.8) is 0 Å². The van der Waals surface area contributed by atoms with Crippen molar-refractivity contribution < 1.29 is 0 Å². The molecular weight excluding hydrogens is 164 g/mol. The summed E-state index contributed by atoms with van der Waals surface area (Å²) in [6.45, 7) is 2.10. The van der Waals surface area contributed by atoms with Crippen molar-refractivity contribution in [2.75, 3.05) is 5.75 Å². The zero-order chi connectivity index (χ0) is 7.40. The lowest BCUT2D eigenvalue weighted by Crippen LogP contribution is -1.76. The van der Waals surface area contributed by atoms with Crippen LogP contribution in [-0.2, 0) is 5.75 Å². The molecule has 0 radical (unpaired) electrons. The van der Waals surface area contributed by atoms with Gasteiger partial charge in [-0.05, 0) is 5.75 Å². The molecular formula is C6H10N2S2. The Balaban J connectivity index is 2.59. The van der Waals surface area contributed by atoms with Gasteiger partial charge in [0.15, 0.2) is 5.16 Å². The fourth-order valence-corrected chi connectivity index (χ4v) is 1.39. The van der Waals surface area contributed by atoms with E-state index < -0.39 is 0 Å². The van der Waals surface area contributed by atoms with Crippen LogP contribution < -0.4 is 0 Å². The molecule has 0 aliphatic carbocycles. The van der Waals surface area contributed by atoms with E-state index in [1.54, 1.807) is 11.8 Å². The fourth-order valence-electron chi connectivity index (χ4n) is 0.629. The minimum absolute atomic E-state index is 0.733. The highest BCUT2D eigenvalue weighted by Gasteiger charge is 1.96. The number of H-pyrrole nitrogens is 1. The lowest BCUT2D eigenvalue weighted by atomic mass is 10.6. The first kappa shape index (κ1) is 8.01. The molecule has 0 aliphatic heterocycles. The van der Waals surface area contributed by atoms with E-state index in [4.69, 9.17) is 0 Å². The van der Waals surface area contributed by atoms with Crippen molar-refractivity contribution in [2.24, 2.45) is 0 Å². The summed E-state index contributed by atoms with van der Waals surface area (Å²) < 4.78 is 0. The third-order valence-corrected chi connectivity index (χ3v) is 2.17. The quantitative estimate of drug-likeness (QED) is 0.541. The Morgan fingerprint density at radius 3 is 3.10 bits per heavy atom. The molecule has 1 aromatic rings. The molecule has 0 bridgehead atoms. The monoisotopic (exact) mass is 174 g/mol. The van der Waals surface area contributed by atoms with Gasteiger partial charge >= 0.3 is 0 Å². The normalized spacial score (nSPS) is 10.2. The highest BCUT2D eigenvalue weighted by atomic mass is 32.2. The molecule has 10 heavy (non-hydrogen) atoms. The van der Waals surface area contributed by atoms with E-state index in [0.29, 0.717) is 0 Å². The average molecular weight is 174 g/mol. The maximum absolute atomic E-state index is 4.14. The molecule has 0 aliphatic rings. The van der Waals surface area contributed by atoms with Crippen LogP contribution in [0.3, 0.4) is 0 Å². The molecule has 0 aromatic carbocycles. The van der Waals surface area contributed by atoms with E-state index in [0.717, 1.165) is 22.4 Å². The Bertz CT molecular complexity index is 197. The fraction of sp³-hybridized carbons (Fsp3) is 0.500. The Morgan fingerprint density at radius 2 is 2.60 bits per heavy atom. The number of thioether (sulfide) groups is 1. The van der Waals surface area contributed by atoms with Gasteiger partial charge in [0.05, 0.1) is 0 Å². The van der Waals surface area contributed by atoms with Crippen LogP contribution in [-0.4, -0.2) is 15.7 Å². The SMILES string of the molecule is CCSc1ncc(CS)[nH]1. The molecule has 1 rings (SSSR count). The van der Waals surface area contributed by atoms with E-state index in [1.807, 2.05) is 6.20 Å². The number of hydrogen-bond acceptors (Lipinski definition) is 3. The first-order valence-corrected chi connectivity index (χ1v) is 4.76. The Kier molecular flexibility index (Phi) is 3.15. The lowest BCUT2D eigenvalue weighted by Gasteiger charge is -1.88. The first-order chi connectivity index (χ1) is 4.86. The van der Waals surface area contributed by atoms with Gasteiger partial charge < -0.3 is 4.98 Å². The first-order valence-electron chi connectivity index (χ1n) is 3.14. The molecule has 1 aromatic heterocycles. The van der Waals surface area contributed by atoms with Crippen LogP contribution in [0, 0.1) is 0 Å². The predicted octanol–water partition coefficient (Wildman–Crippen LogP) is 1.95. The van der Waals surface area contributed by atoms with E-state index >= 15 is 0 Å². The minimum atomic E-state index is 0.733. The number of aromatic amines is 1. The number of imidazole rings is 1. The summed E-state index contributed by atoms with van der Waals surface area (Å²) in [5.74, 6) is 1.79. The van der Waals surface area contributed by atoms with Crippen molar-refractivity contribution in [3.8, 4) is 0 Å². The number of rotatable bonds is 3. The molecule has 0 unspecified atom stereocenters. The Labute approximate surface area is 70.2 Å². The van der Waals surface area contributed by atoms with Crippen LogP contribution >= 0.6 is 24.4 Å². The maximum Gasteiger partial charge on any atom is 0.165 e. The van der Waals surface area contributed by atoms with Gasteiger partial charge in [-0.3, -0.25) is 0 Å². The lowest BCUT2D eigenvalue weighted by molar-refractivity contribution is 1.04. The summed E-state index contributed by atoms with van der Waals surface area (Å²) in [5, 5.41) is 0.992. The number of thiol groups is 1. The summed E-state index contributed by atoms with van der Waals surface area (Å²) in [4.78, 5) is 7.27.